The molecule has 2 fully saturated rings. The zero-order valence-electron chi connectivity index (χ0n) is 17.1. The first-order valence-electron chi connectivity index (χ1n) is 10.9. The summed E-state index contributed by atoms with van der Waals surface area (Å²) in [4.78, 5) is 11.8. The summed E-state index contributed by atoms with van der Waals surface area (Å²) in [7, 11) is 0. The highest BCUT2D eigenvalue weighted by Gasteiger charge is 2.22. The fourth-order valence-electron chi connectivity index (χ4n) is 4.76. The standard InChI is InChI=1S/C23H30N6/c1-17-3-2-4-21(15-17)29-12-9-18-16-25-23(27-22(18)29)26-19-5-7-20(8-6-19)28-13-10-24-11-14-28/h5-9,12,16-17,21,24H,2-4,10-11,13-15H2,1H3,(H,25,26,27). The Morgan fingerprint density at radius 2 is 1.90 bits per heavy atom. The first-order chi connectivity index (χ1) is 14.3. The number of nitrogens with zero attached hydrogens (tertiary/aromatic N) is 4. The second-order valence-electron chi connectivity index (χ2n) is 8.53. The van der Waals surface area contributed by atoms with E-state index >= 15 is 0 Å². The van der Waals surface area contributed by atoms with Gasteiger partial charge >= 0.3 is 0 Å². The van der Waals surface area contributed by atoms with Gasteiger partial charge in [0, 0.05) is 61.4 Å². The van der Waals surface area contributed by atoms with Gasteiger partial charge in [-0.25, -0.2) is 4.98 Å². The van der Waals surface area contributed by atoms with E-state index in [4.69, 9.17) is 4.98 Å². The first kappa shape index (κ1) is 18.4. The molecule has 2 unspecified atom stereocenters. The molecular formula is C23H30N6. The van der Waals surface area contributed by atoms with Crippen LogP contribution in [0.5, 0.6) is 0 Å². The fourth-order valence-corrected chi connectivity index (χ4v) is 4.76. The SMILES string of the molecule is CC1CCCC(n2ccc3cnc(Nc4ccc(N5CCNCC5)cc4)nc32)C1. The zero-order chi connectivity index (χ0) is 19.6. The van der Waals surface area contributed by atoms with Crippen LogP contribution in [0.4, 0.5) is 17.3 Å². The Morgan fingerprint density at radius 1 is 1.07 bits per heavy atom. The summed E-state index contributed by atoms with van der Waals surface area (Å²) in [6, 6.07) is 11.3. The number of piperazine rings is 1. The number of aromatic nitrogens is 3. The van der Waals surface area contributed by atoms with Crippen LogP contribution in [0, 0.1) is 5.92 Å². The average Bonchev–Trinajstić information content (AvgIpc) is 3.18. The molecule has 2 aliphatic rings. The largest absolute Gasteiger partial charge is 0.369 e. The van der Waals surface area contributed by atoms with Gasteiger partial charge in [-0.05, 0) is 49.1 Å². The first-order valence-corrected chi connectivity index (χ1v) is 10.9. The number of fused-ring (bicyclic) bond motifs is 1. The molecule has 1 saturated heterocycles. The van der Waals surface area contributed by atoms with E-state index in [2.05, 4.69) is 68.5 Å². The van der Waals surface area contributed by atoms with Crippen LogP contribution in [-0.4, -0.2) is 40.7 Å². The van der Waals surface area contributed by atoms with Gasteiger partial charge < -0.3 is 20.1 Å². The molecule has 1 aliphatic heterocycles. The number of anilines is 3. The molecule has 152 valence electrons. The average molecular weight is 391 g/mol. The lowest BCUT2D eigenvalue weighted by molar-refractivity contribution is 0.287. The third kappa shape index (κ3) is 3.94. The van der Waals surface area contributed by atoms with Crippen molar-refractivity contribution in [3.05, 3.63) is 42.7 Å². The third-order valence-electron chi connectivity index (χ3n) is 6.36. The summed E-state index contributed by atoms with van der Waals surface area (Å²) in [6.45, 7) is 6.58. The molecule has 5 rings (SSSR count). The van der Waals surface area contributed by atoms with Crippen molar-refractivity contribution >= 4 is 28.4 Å². The molecule has 0 amide bonds. The zero-order valence-corrected chi connectivity index (χ0v) is 17.1. The van der Waals surface area contributed by atoms with Crippen LogP contribution in [0.1, 0.15) is 38.6 Å². The van der Waals surface area contributed by atoms with Gasteiger partial charge in [-0.1, -0.05) is 19.8 Å². The van der Waals surface area contributed by atoms with Crippen molar-refractivity contribution in [3.63, 3.8) is 0 Å². The van der Waals surface area contributed by atoms with E-state index in [1.165, 1.54) is 31.4 Å². The predicted octanol–water partition coefficient (Wildman–Crippen LogP) is 4.34. The number of hydrogen-bond acceptors (Lipinski definition) is 5. The van der Waals surface area contributed by atoms with Gasteiger partial charge in [-0.3, -0.25) is 0 Å². The highest BCUT2D eigenvalue weighted by molar-refractivity contribution is 5.77. The van der Waals surface area contributed by atoms with Crippen molar-refractivity contribution < 1.29 is 0 Å². The van der Waals surface area contributed by atoms with Crippen LogP contribution in [0.3, 0.4) is 0 Å². The Kier molecular flexibility index (Phi) is 5.10. The molecule has 6 nitrogen and oxygen atoms in total. The van der Waals surface area contributed by atoms with Gasteiger partial charge in [0.2, 0.25) is 5.95 Å². The lowest BCUT2D eigenvalue weighted by atomic mass is 9.87. The minimum Gasteiger partial charge on any atom is -0.369 e. The van der Waals surface area contributed by atoms with Gasteiger partial charge in [0.25, 0.3) is 0 Å². The van der Waals surface area contributed by atoms with Crippen molar-refractivity contribution in [2.45, 2.75) is 38.6 Å². The Bertz CT molecular complexity index is 957. The number of benzene rings is 1. The molecule has 1 aromatic carbocycles. The Labute approximate surface area is 172 Å². The van der Waals surface area contributed by atoms with Crippen molar-refractivity contribution in [2.75, 3.05) is 36.4 Å². The minimum absolute atomic E-state index is 0.553. The molecule has 6 heteroatoms. The summed E-state index contributed by atoms with van der Waals surface area (Å²) in [5.74, 6) is 1.45. The summed E-state index contributed by atoms with van der Waals surface area (Å²) in [5.41, 5.74) is 3.33. The third-order valence-corrected chi connectivity index (χ3v) is 6.36. The lowest BCUT2D eigenvalue weighted by Gasteiger charge is -2.29. The molecule has 0 radical (unpaired) electrons. The molecule has 0 bridgehead atoms. The normalized spacial score (nSPS) is 22.7. The predicted molar refractivity (Wildman–Crippen MR) is 119 cm³/mol. The molecule has 29 heavy (non-hydrogen) atoms. The van der Waals surface area contributed by atoms with E-state index in [-0.39, 0.29) is 0 Å². The van der Waals surface area contributed by atoms with Gasteiger partial charge in [0.05, 0.1) is 0 Å². The molecule has 2 N–H and O–H groups in total. The Hall–Kier alpha value is -2.60. The Morgan fingerprint density at radius 3 is 2.69 bits per heavy atom. The van der Waals surface area contributed by atoms with E-state index in [1.807, 2.05) is 6.20 Å². The minimum atomic E-state index is 0.553. The quantitative estimate of drug-likeness (QED) is 0.694. The molecule has 2 atom stereocenters. The molecule has 1 aliphatic carbocycles. The Balaban J connectivity index is 1.34. The van der Waals surface area contributed by atoms with Crippen LogP contribution in [-0.2, 0) is 0 Å². The summed E-state index contributed by atoms with van der Waals surface area (Å²) in [6.07, 6.45) is 9.26. The maximum atomic E-state index is 4.87. The van der Waals surface area contributed by atoms with Gasteiger partial charge in [0.1, 0.15) is 5.65 Å². The van der Waals surface area contributed by atoms with Gasteiger partial charge in [-0.15, -0.1) is 0 Å². The van der Waals surface area contributed by atoms with E-state index in [0.29, 0.717) is 12.0 Å². The fraction of sp³-hybridized carbons (Fsp3) is 0.478. The second-order valence-corrected chi connectivity index (χ2v) is 8.53. The number of nitrogens with one attached hydrogen (secondary N) is 2. The molecular weight excluding hydrogens is 360 g/mol. The molecule has 2 aromatic heterocycles. The number of hydrogen-bond donors (Lipinski definition) is 2. The molecule has 1 saturated carbocycles. The van der Waals surface area contributed by atoms with Crippen molar-refractivity contribution in [2.24, 2.45) is 5.92 Å². The molecule has 3 heterocycles. The highest BCUT2D eigenvalue weighted by Crippen LogP contribution is 2.34. The summed E-state index contributed by atoms with van der Waals surface area (Å²) < 4.78 is 2.37. The maximum absolute atomic E-state index is 4.87. The lowest BCUT2D eigenvalue weighted by Crippen LogP contribution is -2.43. The number of rotatable bonds is 4. The van der Waals surface area contributed by atoms with Crippen LogP contribution < -0.4 is 15.5 Å². The van der Waals surface area contributed by atoms with E-state index in [9.17, 15) is 0 Å². The van der Waals surface area contributed by atoms with Crippen LogP contribution in [0.15, 0.2) is 42.7 Å². The van der Waals surface area contributed by atoms with E-state index in [1.54, 1.807) is 0 Å². The van der Waals surface area contributed by atoms with Crippen molar-refractivity contribution in [3.8, 4) is 0 Å². The smallest absolute Gasteiger partial charge is 0.229 e. The molecule has 0 spiro atoms. The molecule has 3 aromatic rings. The van der Waals surface area contributed by atoms with Gasteiger partial charge in [0.15, 0.2) is 0 Å². The van der Waals surface area contributed by atoms with Crippen LogP contribution in [0.2, 0.25) is 0 Å². The van der Waals surface area contributed by atoms with Crippen molar-refractivity contribution in [1.29, 1.82) is 0 Å². The van der Waals surface area contributed by atoms with Crippen LogP contribution >= 0.6 is 0 Å². The summed E-state index contributed by atoms with van der Waals surface area (Å²) >= 11 is 0. The second kappa shape index (κ2) is 8.03. The van der Waals surface area contributed by atoms with Crippen molar-refractivity contribution in [1.82, 2.24) is 19.9 Å². The monoisotopic (exact) mass is 390 g/mol. The van der Waals surface area contributed by atoms with Crippen LogP contribution in [0.25, 0.3) is 11.0 Å². The topological polar surface area (TPSA) is 58.0 Å². The van der Waals surface area contributed by atoms with Gasteiger partial charge in [-0.2, -0.15) is 4.98 Å². The maximum Gasteiger partial charge on any atom is 0.229 e. The van der Waals surface area contributed by atoms with E-state index in [0.717, 1.165) is 48.8 Å². The summed E-state index contributed by atoms with van der Waals surface area (Å²) in [5, 5.41) is 7.90. The van der Waals surface area contributed by atoms with E-state index < -0.39 is 0 Å². The highest BCUT2D eigenvalue weighted by atomic mass is 15.2.